The summed E-state index contributed by atoms with van der Waals surface area (Å²) in [4.78, 5) is 6.42. The van der Waals surface area contributed by atoms with Crippen LogP contribution in [0.15, 0.2) is 28.8 Å². The fourth-order valence-electron chi connectivity index (χ4n) is 3.81. The quantitative estimate of drug-likeness (QED) is 0.316. The first-order valence-electron chi connectivity index (χ1n) is 10.7. The van der Waals surface area contributed by atoms with E-state index in [4.69, 9.17) is 15.7 Å². The predicted molar refractivity (Wildman–Crippen MR) is 120 cm³/mol. The first-order valence-corrected chi connectivity index (χ1v) is 10.7. The van der Waals surface area contributed by atoms with Crippen LogP contribution in [0.1, 0.15) is 75.7 Å². The Hall–Kier alpha value is -2.08. The molecule has 2 aromatic rings. The fourth-order valence-corrected chi connectivity index (χ4v) is 3.81. The fraction of sp³-hybridized carbons (Fsp3) is 0.591. The lowest BCUT2D eigenvalue weighted by molar-refractivity contribution is 0.354. The van der Waals surface area contributed by atoms with Gasteiger partial charge >= 0.3 is 0 Å². The van der Waals surface area contributed by atoms with Gasteiger partial charge in [-0.25, -0.2) is 0 Å². The molecular weight excluding hydrogens is 386 g/mol. The van der Waals surface area contributed by atoms with Gasteiger partial charge in [0.25, 0.3) is 0 Å². The molecule has 3 N–H and O–H groups in total. The maximum atomic E-state index is 7.54. The molecule has 0 spiro atoms. The Bertz CT molecular complexity index is 746. The summed E-state index contributed by atoms with van der Waals surface area (Å²) in [6, 6.07) is 8.52. The van der Waals surface area contributed by atoms with Crippen LogP contribution in [0.25, 0.3) is 11.4 Å². The standard InChI is InChI=1S/C22H33N5O.ClH/c1-2-3-4-5-6-7-8-9-17-10-12-18(13-11-17)20-25-21(28-26-20)19-14-15-27(16-19)22(23)24;/h10-13,19H,2-9,14-16H2,1H3,(H3,23,24);1H. The van der Waals surface area contributed by atoms with Crippen LogP contribution in [0.4, 0.5) is 0 Å². The molecule has 0 bridgehead atoms. The van der Waals surface area contributed by atoms with Gasteiger partial charge in [-0.15, -0.1) is 12.4 Å². The van der Waals surface area contributed by atoms with E-state index in [1.165, 1.54) is 50.5 Å². The van der Waals surface area contributed by atoms with Crippen molar-refractivity contribution in [1.29, 1.82) is 5.41 Å². The Balaban J connectivity index is 0.00000300. The smallest absolute Gasteiger partial charge is 0.231 e. The summed E-state index contributed by atoms with van der Waals surface area (Å²) in [5.41, 5.74) is 7.92. The average Bonchev–Trinajstić information content (AvgIpc) is 3.37. The minimum Gasteiger partial charge on any atom is -0.370 e. The zero-order valence-corrected chi connectivity index (χ0v) is 18.2. The molecule has 29 heavy (non-hydrogen) atoms. The maximum absolute atomic E-state index is 7.54. The van der Waals surface area contributed by atoms with Crippen LogP contribution in [-0.4, -0.2) is 34.1 Å². The number of nitrogens with two attached hydrogens (primary N) is 1. The van der Waals surface area contributed by atoms with Crippen LogP contribution < -0.4 is 5.73 Å². The molecule has 160 valence electrons. The van der Waals surface area contributed by atoms with Gasteiger partial charge in [-0.3, -0.25) is 5.41 Å². The van der Waals surface area contributed by atoms with Crippen molar-refractivity contribution in [3.63, 3.8) is 0 Å². The highest BCUT2D eigenvalue weighted by Crippen LogP contribution is 2.27. The minimum atomic E-state index is 0. The van der Waals surface area contributed by atoms with Crippen molar-refractivity contribution in [2.24, 2.45) is 5.73 Å². The van der Waals surface area contributed by atoms with Crippen LogP contribution in [0.2, 0.25) is 0 Å². The molecule has 1 aliphatic rings. The lowest BCUT2D eigenvalue weighted by atomic mass is 10.0. The molecule has 1 fully saturated rings. The summed E-state index contributed by atoms with van der Waals surface area (Å²) < 4.78 is 5.48. The number of likely N-dealkylation sites (tertiary alicyclic amines) is 1. The number of unbranched alkanes of at least 4 members (excludes halogenated alkanes) is 6. The summed E-state index contributed by atoms with van der Waals surface area (Å²) in [5, 5.41) is 11.7. The third-order valence-corrected chi connectivity index (χ3v) is 5.60. The molecule has 0 aliphatic carbocycles. The number of aryl methyl sites for hydroxylation is 1. The molecule has 2 heterocycles. The summed E-state index contributed by atoms with van der Waals surface area (Å²) in [7, 11) is 0. The molecule has 1 aliphatic heterocycles. The Morgan fingerprint density at radius 2 is 1.83 bits per heavy atom. The van der Waals surface area contributed by atoms with E-state index in [0.29, 0.717) is 18.3 Å². The molecule has 0 radical (unpaired) electrons. The number of guanidine groups is 1. The number of aromatic nitrogens is 2. The lowest BCUT2D eigenvalue weighted by Crippen LogP contribution is -2.34. The van der Waals surface area contributed by atoms with Gasteiger partial charge in [0.05, 0.1) is 5.92 Å². The van der Waals surface area contributed by atoms with Crippen LogP contribution in [0.3, 0.4) is 0 Å². The van der Waals surface area contributed by atoms with Gasteiger partial charge in [0.15, 0.2) is 5.96 Å². The topological polar surface area (TPSA) is 92.0 Å². The van der Waals surface area contributed by atoms with Gasteiger partial charge in [0, 0.05) is 18.7 Å². The van der Waals surface area contributed by atoms with Gasteiger partial charge in [0.2, 0.25) is 11.7 Å². The molecule has 7 heteroatoms. The molecule has 1 atom stereocenters. The van der Waals surface area contributed by atoms with E-state index < -0.39 is 0 Å². The van der Waals surface area contributed by atoms with Crippen molar-refractivity contribution in [3.05, 3.63) is 35.7 Å². The summed E-state index contributed by atoms with van der Waals surface area (Å²) in [6.45, 7) is 3.70. The van der Waals surface area contributed by atoms with Gasteiger partial charge in [-0.05, 0) is 24.8 Å². The highest BCUT2D eigenvalue weighted by Gasteiger charge is 2.29. The number of nitrogens with one attached hydrogen (secondary N) is 1. The summed E-state index contributed by atoms with van der Waals surface area (Å²) in [6.07, 6.45) is 11.4. The highest BCUT2D eigenvalue weighted by molar-refractivity contribution is 5.85. The van der Waals surface area contributed by atoms with Crippen molar-refractivity contribution >= 4 is 18.4 Å². The lowest BCUT2D eigenvalue weighted by Gasteiger charge is -2.14. The van der Waals surface area contributed by atoms with E-state index in [1.54, 1.807) is 0 Å². The number of benzene rings is 1. The predicted octanol–water partition coefficient (Wildman–Crippen LogP) is 5.13. The second-order valence-electron chi connectivity index (χ2n) is 7.84. The van der Waals surface area contributed by atoms with E-state index in [-0.39, 0.29) is 24.3 Å². The molecule has 0 saturated carbocycles. The van der Waals surface area contributed by atoms with Gasteiger partial charge < -0.3 is 15.2 Å². The average molecular weight is 420 g/mol. The van der Waals surface area contributed by atoms with Crippen LogP contribution >= 0.6 is 12.4 Å². The van der Waals surface area contributed by atoms with Gasteiger partial charge in [0.1, 0.15) is 0 Å². The Kier molecular flexibility index (Phi) is 9.45. The zero-order chi connectivity index (χ0) is 19.8. The molecule has 1 aromatic carbocycles. The number of hydrogen-bond donors (Lipinski definition) is 2. The van der Waals surface area contributed by atoms with E-state index in [9.17, 15) is 0 Å². The van der Waals surface area contributed by atoms with Crippen molar-refractivity contribution in [2.75, 3.05) is 13.1 Å². The molecule has 1 unspecified atom stereocenters. The molecule has 6 nitrogen and oxygen atoms in total. The molecular formula is C22H34ClN5O. The van der Waals surface area contributed by atoms with Crippen molar-refractivity contribution in [1.82, 2.24) is 15.0 Å². The normalized spacial score (nSPS) is 16.0. The minimum absolute atomic E-state index is 0. The first-order chi connectivity index (χ1) is 13.7. The Labute approximate surface area is 180 Å². The number of rotatable bonds is 10. The second kappa shape index (κ2) is 11.8. The largest absolute Gasteiger partial charge is 0.370 e. The van der Waals surface area contributed by atoms with Crippen molar-refractivity contribution < 1.29 is 4.52 Å². The van der Waals surface area contributed by atoms with E-state index in [2.05, 4.69) is 41.3 Å². The molecule has 1 aromatic heterocycles. The van der Waals surface area contributed by atoms with E-state index in [1.807, 2.05) is 4.90 Å². The number of halogens is 1. The van der Waals surface area contributed by atoms with Crippen molar-refractivity contribution in [2.45, 2.75) is 70.6 Å². The van der Waals surface area contributed by atoms with Gasteiger partial charge in [-0.1, -0.05) is 74.9 Å². The zero-order valence-electron chi connectivity index (χ0n) is 17.4. The Morgan fingerprint density at radius 1 is 1.14 bits per heavy atom. The Morgan fingerprint density at radius 3 is 2.48 bits per heavy atom. The van der Waals surface area contributed by atoms with Crippen LogP contribution in [-0.2, 0) is 6.42 Å². The summed E-state index contributed by atoms with van der Waals surface area (Å²) in [5.74, 6) is 1.55. The van der Waals surface area contributed by atoms with Crippen LogP contribution in [0.5, 0.6) is 0 Å². The van der Waals surface area contributed by atoms with Crippen molar-refractivity contribution in [3.8, 4) is 11.4 Å². The monoisotopic (exact) mass is 419 g/mol. The third kappa shape index (κ3) is 6.74. The summed E-state index contributed by atoms with van der Waals surface area (Å²) >= 11 is 0. The SMILES string of the molecule is CCCCCCCCCc1ccc(-c2noc(C3CCN(C(=N)N)C3)n2)cc1.Cl. The second-order valence-corrected chi connectivity index (χ2v) is 7.84. The molecule has 1 saturated heterocycles. The van der Waals surface area contributed by atoms with Crippen LogP contribution in [0, 0.1) is 5.41 Å². The maximum Gasteiger partial charge on any atom is 0.231 e. The number of hydrogen-bond acceptors (Lipinski definition) is 4. The third-order valence-electron chi connectivity index (χ3n) is 5.60. The first kappa shape index (κ1) is 23.2. The molecule has 0 amide bonds. The molecule has 3 rings (SSSR count). The highest BCUT2D eigenvalue weighted by atomic mass is 35.5. The van der Waals surface area contributed by atoms with E-state index in [0.717, 1.165) is 24.9 Å². The van der Waals surface area contributed by atoms with E-state index >= 15 is 0 Å². The number of nitrogens with zero attached hydrogens (tertiary/aromatic N) is 3. The van der Waals surface area contributed by atoms with Gasteiger partial charge in [-0.2, -0.15) is 4.98 Å².